The second-order valence-electron chi connectivity index (χ2n) is 5.64. The number of benzene rings is 1. The first-order chi connectivity index (χ1) is 8.74. The standard InChI is InChI=1S/C15H21NO2/c17-12-6-7-13-11(8-12)2-1-3-14(13)16-9-15(18)10-4-5-10/h6-8,10,14-18H,1-5,9H2. The molecule has 2 aliphatic carbocycles. The van der Waals surface area contributed by atoms with Gasteiger partial charge in [-0.3, -0.25) is 0 Å². The van der Waals surface area contributed by atoms with Gasteiger partial charge in [0.25, 0.3) is 0 Å². The molecule has 0 radical (unpaired) electrons. The number of aromatic hydroxyl groups is 1. The maximum absolute atomic E-state index is 9.91. The van der Waals surface area contributed by atoms with Gasteiger partial charge in [-0.15, -0.1) is 0 Å². The van der Waals surface area contributed by atoms with Gasteiger partial charge in [-0.2, -0.15) is 0 Å². The number of aliphatic hydroxyl groups is 1. The van der Waals surface area contributed by atoms with Crippen molar-refractivity contribution in [3.63, 3.8) is 0 Å². The van der Waals surface area contributed by atoms with E-state index in [2.05, 4.69) is 5.32 Å². The van der Waals surface area contributed by atoms with Crippen LogP contribution in [0.1, 0.15) is 42.9 Å². The summed E-state index contributed by atoms with van der Waals surface area (Å²) in [4.78, 5) is 0. The van der Waals surface area contributed by atoms with Gasteiger partial charge in [0.15, 0.2) is 0 Å². The zero-order chi connectivity index (χ0) is 12.5. The van der Waals surface area contributed by atoms with E-state index in [1.165, 1.54) is 24.0 Å². The van der Waals surface area contributed by atoms with E-state index in [0.29, 0.717) is 24.3 Å². The normalized spacial score (nSPS) is 24.6. The second-order valence-corrected chi connectivity index (χ2v) is 5.64. The highest BCUT2D eigenvalue weighted by Crippen LogP contribution is 2.34. The molecule has 2 aliphatic rings. The lowest BCUT2D eigenvalue weighted by molar-refractivity contribution is 0.143. The van der Waals surface area contributed by atoms with Crippen LogP contribution in [0.3, 0.4) is 0 Å². The third-order valence-corrected chi connectivity index (χ3v) is 4.18. The molecule has 18 heavy (non-hydrogen) atoms. The summed E-state index contributed by atoms with van der Waals surface area (Å²) in [5.41, 5.74) is 2.54. The Labute approximate surface area is 108 Å². The van der Waals surface area contributed by atoms with E-state index in [1.807, 2.05) is 12.1 Å². The summed E-state index contributed by atoms with van der Waals surface area (Å²) >= 11 is 0. The molecule has 0 aliphatic heterocycles. The largest absolute Gasteiger partial charge is 0.508 e. The van der Waals surface area contributed by atoms with Crippen LogP contribution >= 0.6 is 0 Å². The zero-order valence-electron chi connectivity index (χ0n) is 10.6. The number of phenolic OH excluding ortho intramolecular Hbond substituents is 1. The van der Waals surface area contributed by atoms with Crippen LogP contribution in [0.5, 0.6) is 5.75 Å². The number of aliphatic hydroxyl groups excluding tert-OH is 1. The Morgan fingerprint density at radius 1 is 1.28 bits per heavy atom. The van der Waals surface area contributed by atoms with Crippen LogP contribution in [-0.4, -0.2) is 22.9 Å². The highest BCUT2D eigenvalue weighted by Gasteiger charge is 2.30. The average Bonchev–Trinajstić information content (AvgIpc) is 3.19. The molecule has 3 nitrogen and oxygen atoms in total. The van der Waals surface area contributed by atoms with Crippen LogP contribution in [0.15, 0.2) is 18.2 Å². The molecule has 1 aromatic carbocycles. The Kier molecular flexibility index (Phi) is 3.27. The van der Waals surface area contributed by atoms with E-state index < -0.39 is 0 Å². The first-order valence-corrected chi connectivity index (χ1v) is 6.97. The van der Waals surface area contributed by atoms with E-state index >= 15 is 0 Å². The van der Waals surface area contributed by atoms with Crippen LogP contribution in [0.25, 0.3) is 0 Å². The summed E-state index contributed by atoms with van der Waals surface area (Å²) < 4.78 is 0. The van der Waals surface area contributed by atoms with Crippen molar-refractivity contribution in [1.82, 2.24) is 5.32 Å². The molecule has 0 saturated heterocycles. The van der Waals surface area contributed by atoms with Gasteiger partial charge in [0.05, 0.1) is 6.10 Å². The Morgan fingerprint density at radius 3 is 2.89 bits per heavy atom. The molecule has 0 spiro atoms. The van der Waals surface area contributed by atoms with E-state index in [-0.39, 0.29) is 6.10 Å². The minimum atomic E-state index is -0.188. The molecule has 3 N–H and O–H groups in total. The topological polar surface area (TPSA) is 52.5 Å². The molecule has 2 unspecified atom stereocenters. The number of aryl methyl sites for hydroxylation is 1. The molecule has 2 atom stereocenters. The molecule has 0 bridgehead atoms. The number of hydrogen-bond acceptors (Lipinski definition) is 3. The molecule has 3 rings (SSSR count). The van der Waals surface area contributed by atoms with Gasteiger partial charge in [0, 0.05) is 12.6 Å². The van der Waals surface area contributed by atoms with Crippen molar-refractivity contribution < 1.29 is 10.2 Å². The van der Waals surface area contributed by atoms with Crippen molar-refractivity contribution in [3.05, 3.63) is 29.3 Å². The molecule has 0 heterocycles. The Morgan fingerprint density at radius 2 is 2.11 bits per heavy atom. The van der Waals surface area contributed by atoms with Crippen molar-refractivity contribution in [1.29, 1.82) is 0 Å². The maximum Gasteiger partial charge on any atom is 0.115 e. The van der Waals surface area contributed by atoms with Crippen LogP contribution in [0.4, 0.5) is 0 Å². The predicted octanol–water partition coefficient (Wildman–Crippen LogP) is 2.13. The quantitative estimate of drug-likeness (QED) is 0.764. The van der Waals surface area contributed by atoms with Gasteiger partial charge >= 0.3 is 0 Å². The lowest BCUT2D eigenvalue weighted by Crippen LogP contribution is -2.33. The van der Waals surface area contributed by atoms with Gasteiger partial charge in [-0.25, -0.2) is 0 Å². The monoisotopic (exact) mass is 247 g/mol. The molecule has 0 aromatic heterocycles. The van der Waals surface area contributed by atoms with Crippen LogP contribution in [0, 0.1) is 5.92 Å². The fraction of sp³-hybridized carbons (Fsp3) is 0.600. The molecule has 98 valence electrons. The summed E-state index contributed by atoms with van der Waals surface area (Å²) in [6.07, 6.45) is 5.48. The van der Waals surface area contributed by atoms with Gasteiger partial charge < -0.3 is 15.5 Å². The van der Waals surface area contributed by atoms with Crippen molar-refractivity contribution in [2.75, 3.05) is 6.54 Å². The Hall–Kier alpha value is -1.06. The molecular formula is C15H21NO2. The molecule has 0 amide bonds. The summed E-state index contributed by atoms with van der Waals surface area (Å²) in [5.74, 6) is 0.882. The zero-order valence-corrected chi connectivity index (χ0v) is 10.6. The second kappa shape index (κ2) is 4.90. The third kappa shape index (κ3) is 2.52. The minimum absolute atomic E-state index is 0.188. The van der Waals surface area contributed by atoms with Gasteiger partial charge in [-0.05, 0) is 61.3 Å². The summed E-state index contributed by atoms with van der Waals surface area (Å²) in [6.45, 7) is 0.690. The van der Waals surface area contributed by atoms with E-state index in [4.69, 9.17) is 0 Å². The van der Waals surface area contributed by atoms with Crippen LogP contribution < -0.4 is 5.32 Å². The molecule has 3 heteroatoms. The lowest BCUT2D eigenvalue weighted by Gasteiger charge is -2.27. The number of rotatable bonds is 4. The highest BCUT2D eigenvalue weighted by atomic mass is 16.3. The number of hydrogen-bond donors (Lipinski definition) is 3. The van der Waals surface area contributed by atoms with Crippen molar-refractivity contribution in [2.45, 2.75) is 44.2 Å². The Balaban J connectivity index is 1.66. The fourth-order valence-electron chi connectivity index (χ4n) is 2.92. The molecule has 1 aromatic rings. The fourth-order valence-corrected chi connectivity index (χ4v) is 2.92. The van der Waals surface area contributed by atoms with Crippen LogP contribution in [-0.2, 0) is 6.42 Å². The van der Waals surface area contributed by atoms with E-state index in [9.17, 15) is 10.2 Å². The summed E-state index contributed by atoms with van der Waals surface area (Å²) in [6, 6.07) is 5.99. The number of nitrogens with one attached hydrogen (secondary N) is 1. The van der Waals surface area contributed by atoms with Gasteiger partial charge in [0.1, 0.15) is 5.75 Å². The predicted molar refractivity (Wildman–Crippen MR) is 70.5 cm³/mol. The minimum Gasteiger partial charge on any atom is -0.508 e. The highest BCUT2D eigenvalue weighted by molar-refractivity contribution is 5.38. The number of fused-ring (bicyclic) bond motifs is 1. The molecule has 1 fully saturated rings. The van der Waals surface area contributed by atoms with Crippen LogP contribution in [0.2, 0.25) is 0 Å². The van der Waals surface area contributed by atoms with Gasteiger partial charge in [0.2, 0.25) is 0 Å². The summed E-state index contributed by atoms with van der Waals surface area (Å²) in [5, 5.41) is 22.9. The maximum atomic E-state index is 9.91. The van der Waals surface area contributed by atoms with Crippen molar-refractivity contribution in [3.8, 4) is 5.75 Å². The lowest BCUT2D eigenvalue weighted by atomic mass is 9.87. The van der Waals surface area contributed by atoms with Crippen molar-refractivity contribution >= 4 is 0 Å². The third-order valence-electron chi connectivity index (χ3n) is 4.18. The first-order valence-electron chi connectivity index (χ1n) is 6.97. The van der Waals surface area contributed by atoms with Crippen molar-refractivity contribution in [2.24, 2.45) is 5.92 Å². The van der Waals surface area contributed by atoms with E-state index in [0.717, 1.165) is 19.3 Å². The smallest absolute Gasteiger partial charge is 0.115 e. The van der Waals surface area contributed by atoms with E-state index in [1.54, 1.807) is 6.07 Å². The molecular weight excluding hydrogens is 226 g/mol. The number of phenols is 1. The van der Waals surface area contributed by atoms with Gasteiger partial charge in [-0.1, -0.05) is 6.07 Å². The molecule has 1 saturated carbocycles. The summed E-state index contributed by atoms with van der Waals surface area (Å²) in [7, 11) is 0. The SMILES string of the molecule is Oc1ccc2c(c1)CCCC2NCC(O)C1CC1. The Bertz CT molecular complexity index is 429. The average molecular weight is 247 g/mol. The first kappa shape index (κ1) is 12.0.